The molecule has 0 spiro atoms. The predicted octanol–water partition coefficient (Wildman–Crippen LogP) is 3.81. The summed E-state index contributed by atoms with van der Waals surface area (Å²) >= 11 is 11.9. The molecule has 30 heavy (non-hydrogen) atoms. The fourth-order valence-corrected chi connectivity index (χ4v) is 3.19. The fourth-order valence-electron chi connectivity index (χ4n) is 2.68. The van der Waals surface area contributed by atoms with Gasteiger partial charge < -0.3 is 30.8 Å². The van der Waals surface area contributed by atoms with Gasteiger partial charge in [0.15, 0.2) is 5.76 Å². The van der Waals surface area contributed by atoms with Crippen LogP contribution in [0.5, 0.6) is 11.7 Å². The largest absolute Gasteiger partial charge is 0.426 e. The Morgan fingerprint density at radius 3 is 2.20 bits per heavy atom. The predicted molar refractivity (Wildman–Crippen MR) is 121 cm³/mol. The standard InChI is InChI=1S/C21H30Cl2N4O3/c22-16-13-17(23)15-18(14-16)29-20-6-5-19(30-20)21(28)27-12-4-11-26-9-2-1-8-25-10-3-7-24/h5-6,13-15,25-26H,1-4,7-12,24H2,(H,27,28). The molecular weight excluding hydrogens is 427 g/mol. The van der Waals surface area contributed by atoms with Crippen LogP contribution in [-0.2, 0) is 0 Å². The molecule has 0 aliphatic rings. The van der Waals surface area contributed by atoms with Crippen molar-refractivity contribution in [3.8, 4) is 11.7 Å². The van der Waals surface area contributed by atoms with Crippen LogP contribution >= 0.6 is 23.2 Å². The van der Waals surface area contributed by atoms with Crippen LogP contribution in [0, 0.1) is 0 Å². The van der Waals surface area contributed by atoms with Crippen LogP contribution in [0.1, 0.15) is 36.2 Å². The molecular formula is C21H30Cl2N4O3. The molecule has 2 aromatic rings. The van der Waals surface area contributed by atoms with Gasteiger partial charge in [-0.05, 0) is 82.7 Å². The number of unbranched alkanes of at least 4 members (excludes halogenated alkanes) is 1. The number of carbonyl (C=O) groups excluding carboxylic acids is 1. The third-order valence-corrected chi connectivity index (χ3v) is 4.63. The minimum absolute atomic E-state index is 0.188. The molecule has 0 fully saturated rings. The summed E-state index contributed by atoms with van der Waals surface area (Å²) in [4.78, 5) is 12.2. The molecule has 1 aromatic carbocycles. The summed E-state index contributed by atoms with van der Waals surface area (Å²) in [5, 5.41) is 10.5. The van der Waals surface area contributed by atoms with Gasteiger partial charge in [-0.15, -0.1) is 0 Å². The van der Waals surface area contributed by atoms with E-state index in [0.29, 0.717) is 22.3 Å². The highest BCUT2D eigenvalue weighted by Crippen LogP contribution is 2.29. The van der Waals surface area contributed by atoms with Crippen molar-refractivity contribution in [2.24, 2.45) is 5.73 Å². The van der Waals surface area contributed by atoms with Gasteiger partial charge in [-0.25, -0.2) is 0 Å². The number of amides is 1. The fraction of sp³-hybridized carbons (Fsp3) is 0.476. The van der Waals surface area contributed by atoms with Gasteiger partial charge in [0.05, 0.1) is 0 Å². The average molecular weight is 457 g/mol. The molecule has 0 unspecified atom stereocenters. The van der Waals surface area contributed by atoms with Crippen LogP contribution in [0.2, 0.25) is 10.0 Å². The Morgan fingerprint density at radius 1 is 0.900 bits per heavy atom. The summed E-state index contributed by atoms with van der Waals surface area (Å²) in [6, 6.07) is 7.98. The van der Waals surface area contributed by atoms with E-state index in [0.717, 1.165) is 58.4 Å². The molecule has 0 saturated carbocycles. The summed E-state index contributed by atoms with van der Waals surface area (Å²) in [6.45, 7) is 5.13. The van der Waals surface area contributed by atoms with Crippen LogP contribution in [-0.4, -0.2) is 45.2 Å². The van der Waals surface area contributed by atoms with Crippen molar-refractivity contribution >= 4 is 29.1 Å². The lowest BCUT2D eigenvalue weighted by Gasteiger charge is -2.07. The summed E-state index contributed by atoms with van der Waals surface area (Å²) in [6.07, 6.45) is 4.12. The van der Waals surface area contributed by atoms with Crippen molar-refractivity contribution in [3.05, 3.63) is 46.1 Å². The van der Waals surface area contributed by atoms with Crippen LogP contribution in [0.4, 0.5) is 0 Å². The van der Waals surface area contributed by atoms with Gasteiger partial charge in [-0.2, -0.15) is 0 Å². The van der Waals surface area contributed by atoms with Gasteiger partial charge in [0.25, 0.3) is 11.9 Å². The molecule has 2 rings (SSSR count). The SMILES string of the molecule is NCCCNCCCCNCCCNC(=O)c1ccc(Oc2cc(Cl)cc(Cl)c2)o1. The van der Waals surface area contributed by atoms with Crippen molar-refractivity contribution in [3.63, 3.8) is 0 Å². The molecule has 0 aliphatic heterocycles. The van der Waals surface area contributed by atoms with Crippen molar-refractivity contribution in [1.29, 1.82) is 0 Å². The zero-order valence-corrected chi connectivity index (χ0v) is 18.5. The van der Waals surface area contributed by atoms with Crippen LogP contribution in [0.3, 0.4) is 0 Å². The highest BCUT2D eigenvalue weighted by molar-refractivity contribution is 6.34. The molecule has 0 aliphatic carbocycles. The van der Waals surface area contributed by atoms with E-state index in [-0.39, 0.29) is 17.6 Å². The van der Waals surface area contributed by atoms with Crippen molar-refractivity contribution in [2.75, 3.05) is 39.3 Å². The van der Waals surface area contributed by atoms with Crippen molar-refractivity contribution in [2.45, 2.75) is 25.7 Å². The lowest BCUT2D eigenvalue weighted by molar-refractivity contribution is 0.0920. The first-order valence-corrected chi connectivity index (χ1v) is 11.0. The molecule has 0 radical (unpaired) electrons. The van der Waals surface area contributed by atoms with Gasteiger partial charge in [0.2, 0.25) is 0 Å². The van der Waals surface area contributed by atoms with Crippen LogP contribution in [0.25, 0.3) is 0 Å². The Labute approximate surface area is 187 Å². The number of nitrogens with one attached hydrogen (secondary N) is 3. The highest BCUT2D eigenvalue weighted by atomic mass is 35.5. The number of benzene rings is 1. The topological polar surface area (TPSA) is 102 Å². The summed E-state index contributed by atoms with van der Waals surface area (Å²) in [5.41, 5.74) is 5.44. The molecule has 0 atom stereocenters. The van der Waals surface area contributed by atoms with Gasteiger partial charge in [0, 0.05) is 22.7 Å². The first-order chi connectivity index (χ1) is 14.6. The van der Waals surface area contributed by atoms with E-state index in [4.69, 9.17) is 38.1 Å². The number of ether oxygens (including phenoxy) is 1. The van der Waals surface area contributed by atoms with Crippen molar-refractivity contribution < 1.29 is 13.9 Å². The average Bonchev–Trinajstić information content (AvgIpc) is 3.16. The number of hydrogen-bond acceptors (Lipinski definition) is 6. The summed E-state index contributed by atoms with van der Waals surface area (Å²) < 4.78 is 11.0. The quantitative estimate of drug-likeness (QED) is 0.304. The van der Waals surface area contributed by atoms with Crippen LogP contribution in [0.15, 0.2) is 34.7 Å². The third-order valence-electron chi connectivity index (χ3n) is 4.19. The molecule has 166 valence electrons. The third kappa shape index (κ3) is 9.82. The molecule has 0 bridgehead atoms. The minimum Gasteiger partial charge on any atom is -0.426 e. The normalized spacial score (nSPS) is 10.9. The van der Waals surface area contributed by atoms with Crippen LogP contribution < -0.4 is 26.4 Å². The van der Waals surface area contributed by atoms with E-state index in [1.54, 1.807) is 30.3 Å². The number of halogens is 2. The number of carbonyl (C=O) groups is 1. The maximum Gasteiger partial charge on any atom is 0.290 e. The molecule has 1 heterocycles. The molecule has 5 N–H and O–H groups in total. The zero-order chi connectivity index (χ0) is 21.6. The van der Waals surface area contributed by atoms with Gasteiger partial charge in [-0.1, -0.05) is 23.2 Å². The monoisotopic (exact) mass is 456 g/mol. The number of furan rings is 1. The summed E-state index contributed by atoms with van der Waals surface area (Å²) in [5.74, 6) is 0.537. The second kappa shape index (κ2) is 14.3. The Bertz CT molecular complexity index is 750. The first kappa shape index (κ1) is 24.5. The lowest BCUT2D eigenvalue weighted by Crippen LogP contribution is -2.27. The Kier molecular flexibility index (Phi) is 11.7. The second-order valence-electron chi connectivity index (χ2n) is 6.78. The van der Waals surface area contributed by atoms with E-state index >= 15 is 0 Å². The van der Waals surface area contributed by atoms with E-state index in [2.05, 4.69) is 16.0 Å². The van der Waals surface area contributed by atoms with E-state index in [1.165, 1.54) is 0 Å². The maximum atomic E-state index is 12.2. The van der Waals surface area contributed by atoms with E-state index in [1.807, 2.05) is 0 Å². The van der Waals surface area contributed by atoms with E-state index < -0.39 is 0 Å². The number of hydrogen-bond donors (Lipinski definition) is 4. The van der Waals surface area contributed by atoms with Gasteiger partial charge >= 0.3 is 0 Å². The number of nitrogens with two attached hydrogens (primary N) is 1. The molecule has 1 amide bonds. The van der Waals surface area contributed by atoms with Gasteiger partial charge in [-0.3, -0.25) is 4.79 Å². The minimum atomic E-state index is -0.280. The summed E-state index contributed by atoms with van der Waals surface area (Å²) in [7, 11) is 0. The highest BCUT2D eigenvalue weighted by Gasteiger charge is 2.12. The maximum absolute atomic E-state index is 12.2. The van der Waals surface area contributed by atoms with Crippen molar-refractivity contribution in [1.82, 2.24) is 16.0 Å². The zero-order valence-electron chi connectivity index (χ0n) is 17.0. The molecule has 1 aromatic heterocycles. The van der Waals surface area contributed by atoms with Gasteiger partial charge in [0.1, 0.15) is 5.75 Å². The molecule has 9 heteroatoms. The van der Waals surface area contributed by atoms with E-state index in [9.17, 15) is 4.79 Å². The lowest BCUT2D eigenvalue weighted by atomic mass is 10.3. The number of rotatable bonds is 15. The molecule has 7 nitrogen and oxygen atoms in total. The Morgan fingerprint density at radius 2 is 1.53 bits per heavy atom. The Hall–Kier alpha value is -1.77. The Balaban J connectivity index is 1.55. The molecule has 0 saturated heterocycles. The first-order valence-electron chi connectivity index (χ1n) is 10.2. The second-order valence-corrected chi connectivity index (χ2v) is 7.66. The smallest absolute Gasteiger partial charge is 0.290 e.